The summed E-state index contributed by atoms with van der Waals surface area (Å²) in [6.07, 6.45) is 2.04. The molecule has 0 nitrogen and oxygen atoms in total. The monoisotopic (exact) mass is 688 g/mol. The molecule has 0 aromatic heterocycles. The number of rotatable bonds is 6. The topological polar surface area (TPSA) is 0 Å². The number of hydrogen-bond acceptors (Lipinski definition) is 0. The van der Waals surface area contributed by atoms with E-state index in [4.69, 9.17) is 0 Å². The first-order chi connectivity index (χ1) is 18.0. The predicted octanol–water partition coefficient (Wildman–Crippen LogP) is 11.1. The zero-order valence-corrected chi connectivity index (χ0v) is 28.4. The van der Waals surface area contributed by atoms with E-state index in [0.717, 1.165) is 12.8 Å². The molecule has 6 aromatic rings. The van der Waals surface area contributed by atoms with Gasteiger partial charge in [-0.05, 0) is 24.0 Å². The fourth-order valence-corrected chi connectivity index (χ4v) is 6.61. The van der Waals surface area contributed by atoms with Crippen LogP contribution in [-0.2, 0) is 44.1 Å². The molecule has 0 N–H and O–H groups in total. The SMILES string of the molecule is CCc1[cH-]c2cccc(-c3ccccc3)c2c1C(C)(C)c1c(CC)[cH-]c2cccc(-c3ccccc3)c12.[CH3-].[CH3-].[Hf+4]. The van der Waals surface area contributed by atoms with Gasteiger partial charge in [0.05, 0.1) is 0 Å². The summed E-state index contributed by atoms with van der Waals surface area (Å²) in [4.78, 5) is 0. The van der Waals surface area contributed by atoms with Gasteiger partial charge in [0.1, 0.15) is 0 Å². The fraction of sp³-hybridized carbons (Fsp3) is 0.179. The van der Waals surface area contributed by atoms with Crippen LogP contribution in [0.5, 0.6) is 0 Å². The van der Waals surface area contributed by atoms with Crippen molar-refractivity contribution in [2.45, 2.75) is 46.0 Å². The van der Waals surface area contributed by atoms with Gasteiger partial charge in [0.25, 0.3) is 0 Å². The van der Waals surface area contributed by atoms with E-state index in [0.29, 0.717) is 0 Å². The number of hydrogen-bond donors (Lipinski definition) is 0. The third-order valence-electron chi connectivity index (χ3n) is 8.18. The van der Waals surface area contributed by atoms with Crippen molar-refractivity contribution in [3.8, 4) is 22.3 Å². The Morgan fingerprint density at radius 2 is 0.900 bits per heavy atom. The summed E-state index contributed by atoms with van der Waals surface area (Å²) < 4.78 is 0. The first-order valence-corrected chi connectivity index (χ1v) is 13.6. The average molecular weight is 687 g/mol. The molecule has 6 aromatic carbocycles. The maximum Gasteiger partial charge on any atom is 4.00 e. The fourth-order valence-electron chi connectivity index (χ4n) is 6.61. The zero-order chi connectivity index (χ0) is 25.6. The zero-order valence-electron chi connectivity index (χ0n) is 24.8. The van der Waals surface area contributed by atoms with Crippen LogP contribution in [0, 0.1) is 14.9 Å². The van der Waals surface area contributed by atoms with E-state index in [9.17, 15) is 0 Å². The maximum atomic E-state index is 2.46. The second kappa shape index (κ2) is 12.6. The Hall–Kier alpha value is -3.03. The molecule has 200 valence electrons. The maximum absolute atomic E-state index is 2.46. The second-order valence-corrected chi connectivity index (χ2v) is 10.7. The smallest absolute Gasteiger partial charge is 0.358 e. The third kappa shape index (κ3) is 5.10. The Morgan fingerprint density at radius 1 is 0.525 bits per heavy atom. The Bertz CT molecular complexity index is 1570. The molecule has 0 bridgehead atoms. The summed E-state index contributed by atoms with van der Waals surface area (Å²) in [5.41, 5.74) is 10.9. The molecule has 0 heterocycles. The molecule has 0 spiro atoms. The predicted molar refractivity (Wildman–Crippen MR) is 174 cm³/mol. The average Bonchev–Trinajstić information content (AvgIpc) is 3.53. The molecule has 40 heavy (non-hydrogen) atoms. The van der Waals surface area contributed by atoms with Crippen LogP contribution in [0.3, 0.4) is 0 Å². The van der Waals surface area contributed by atoms with Crippen LogP contribution in [0.25, 0.3) is 43.8 Å². The molecule has 0 unspecified atom stereocenters. The summed E-state index contributed by atoms with van der Waals surface area (Å²) in [6.45, 7) is 9.52. The van der Waals surface area contributed by atoms with Crippen LogP contribution in [0.15, 0.2) is 109 Å². The van der Waals surface area contributed by atoms with E-state index in [-0.39, 0.29) is 46.1 Å². The Morgan fingerprint density at radius 3 is 1.25 bits per heavy atom. The van der Waals surface area contributed by atoms with E-state index < -0.39 is 0 Å². The van der Waals surface area contributed by atoms with E-state index in [1.807, 2.05) is 0 Å². The van der Waals surface area contributed by atoms with Crippen molar-refractivity contribution in [3.05, 3.63) is 146 Å². The van der Waals surface area contributed by atoms with Gasteiger partial charge in [-0.25, -0.2) is 0 Å². The molecule has 0 atom stereocenters. The number of fused-ring (bicyclic) bond motifs is 2. The molecule has 6 rings (SSSR count). The summed E-state index contributed by atoms with van der Waals surface area (Å²) in [5, 5.41) is 5.50. The Kier molecular flexibility index (Phi) is 9.96. The van der Waals surface area contributed by atoms with Crippen LogP contribution < -0.4 is 0 Å². The van der Waals surface area contributed by atoms with Gasteiger partial charge in [-0.15, -0.1) is 80.2 Å². The Balaban J connectivity index is 0.00000147. The van der Waals surface area contributed by atoms with Gasteiger partial charge in [0.2, 0.25) is 0 Å². The molecular formula is C39H40Hf. The van der Waals surface area contributed by atoms with Crippen LogP contribution in [0.4, 0.5) is 0 Å². The largest absolute Gasteiger partial charge is 4.00 e. The molecule has 1 heteroatoms. The van der Waals surface area contributed by atoms with Crippen molar-refractivity contribution in [3.63, 3.8) is 0 Å². The van der Waals surface area contributed by atoms with Gasteiger partial charge in [0.15, 0.2) is 0 Å². The Labute approximate surface area is 260 Å². The van der Waals surface area contributed by atoms with Crippen molar-refractivity contribution >= 4 is 21.5 Å². The van der Waals surface area contributed by atoms with E-state index in [2.05, 4.69) is 137 Å². The molecule has 0 aliphatic carbocycles. The molecule has 0 saturated heterocycles. The van der Waals surface area contributed by atoms with Crippen LogP contribution in [-0.4, -0.2) is 0 Å². The minimum absolute atomic E-state index is 0. The molecule has 0 radical (unpaired) electrons. The summed E-state index contributed by atoms with van der Waals surface area (Å²) >= 11 is 0. The van der Waals surface area contributed by atoms with Gasteiger partial charge < -0.3 is 14.9 Å². The van der Waals surface area contributed by atoms with Crippen molar-refractivity contribution in [1.82, 2.24) is 0 Å². The minimum atomic E-state index is -0.171. The standard InChI is InChI=1S/C37H34.2CH3.Hf/c1-5-25-23-29-19-13-21-31(27-15-9-7-10-16-27)33(29)35(25)37(3,4)36-26(6-2)24-30-20-14-22-32(34(30)36)28-17-11-8-12-18-28;;;/h7-24H,5-6H2,1-4H3;2*1H3;/q-2;2*-1;+4. The van der Waals surface area contributed by atoms with Crippen molar-refractivity contribution in [2.24, 2.45) is 0 Å². The van der Waals surface area contributed by atoms with Gasteiger partial charge in [-0.1, -0.05) is 117 Å². The molecule has 0 aliphatic heterocycles. The van der Waals surface area contributed by atoms with Crippen LogP contribution in [0.1, 0.15) is 49.9 Å². The summed E-state index contributed by atoms with van der Waals surface area (Å²) in [5.74, 6) is 0. The number of benzene rings is 4. The minimum Gasteiger partial charge on any atom is -0.358 e. The van der Waals surface area contributed by atoms with Crippen molar-refractivity contribution in [2.75, 3.05) is 0 Å². The van der Waals surface area contributed by atoms with Crippen molar-refractivity contribution < 1.29 is 25.8 Å². The van der Waals surface area contributed by atoms with E-state index >= 15 is 0 Å². The molecule has 0 saturated carbocycles. The first-order valence-electron chi connectivity index (χ1n) is 13.6. The third-order valence-corrected chi connectivity index (χ3v) is 8.18. The summed E-state index contributed by atoms with van der Waals surface area (Å²) in [7, 11) is 0. The second-order valence-electron chi connectivity index (χ2n) is 10.7. The van der Waals surface area contributed by atoms with E-state index in [1.54, 1.807) is 0 Å². The van der Waals surface area contributed by atoms with Gasteiger partial charge >= 0.3 is 25.8 Å². The first kappa shape index (κ1) is 31.5. The van der Waals surface area contributed by atoms with Gasteiger partial charge in [-0.2, -0.15) is 0 Å². The van der Waals surface area contributed by atoms with Crippen molar-refractivity contribution in [1.29, 1.82) is 0 Å². The van der Waals surface area contributed by atoms with E-state index in [1.165, 1.54) is 66.1 Å². The molecule has 0 amide bonds. The van der Waals surface area contributed by atoms with Crippen LogP contribution in [0.2, 0.25) is 0 Å². The normalized spacial score (nSPS) is 11.1. The van der Waals surface area contributed by atoms with Gasteiger partial charge in [0, 0.05) is 0 Å². The quantitative estimate of drug-likeness (QED) is 0.121. The number of aryl methyl sites for hydroxylation is 2. The molecule has 0 fully saturated rings. The van der Waals surface area contributed by atoms with Gasteiger partial charge in [-0.3, -0.25) is 0 Å². The van der Waals surface area contributed by atoms with Crippen LogP contribution >= 0.6 is 0 Å². The molecular weight excluding hydrogens is 647 g/mol. The molecule has 0 aliphatic rings. The summed E-state index contributed by atoms with van der Waals surface area (Å²) in [6, 6.07) is 40.3.